The van der Waals surface area contributed by atoms with E-state index in [1.54, 1.807) is 14.2 Å². The van der Waals surface area contributed by atoms with Crippen molar-refractivity contribution in [1.29, 1.82) is 0 Å². The first-order valence-corrected chi connectivity index (χ1v) is 13.8. The summed E-state index contributed by atoms with van der Waals surface area (Å²) in [5, 5.41) is 27.6. The van der Waals surface area contributed by atoms with Crippen LogP contribution in [0.1, 0.15) is 78.4 Å². The summed E-state index contributed by atoms with van der Waals surface area (Å²) in [6.45, 7) is 13.0. The number of phenols is 2. The highest BCUT2D eigenvalue weighted by molar-refractivity contribution is 6.13. The number of phenolic OH excluding ortho intramolecular Hbond substituents is 2. The van der Waals surface area contributed by atoms with Gasteiger partial charge in [-0.05, 0) is 58.1 Å². The molecule has 4 nitrogen and oxygen atoms in total. The molecule has 0 aliphatic rings. The normalized spacial score (nSPS) is 12.3. The van der Waals surface area contributed by atoms with Crippen molar-refractivity contribution >= 4 is 21.5 Å². The molecular formula is C34H42O4. The van der Waals surface area contributed by atoms with Gasteiger partial charge in [-0.15, -0.1) is 0 Å². The number of ether oxygens (including phenoxy) is 2. The van der Waals surface area contributed by atoms with Gasteiger partial charge in [-0.1, -0.05) is 90.1 Å². The highest BCUT2D eigenvalue weighted by Gasteiger charge is 2.36. The van der Waals surface area contributed by atoms with E-state index < -0.39 is 0 Å². The molecule has 4 rings (SSSR count). The van der Waals surface area contributed by atoms with E-state index in [-0.39, 0.29) is 22.3 Å². The predicted octanol–water partition coefficient (Wildman–Crippen LogP) is 9.24. The second-order valence-corrected chi connectivity index (χ2v) is 10.9. The first-order chi connectivity index (χ1) is 18.2. The molecule has 0 saturated heterocycles. The zero-order valence-corrected chi connectivity index (χ0v) is 24.2. The zero-order chi connectivity index (χ0) is 27.8. The molecule has 0 bridgehead atoms. The Balaban J connectivity index is 2.30. The molecule has 0 aromatic heterocycles. The third-order valence-electron chi connectivity index (χ3n) is 9.28. The molecule has 0 saturated carbocycles. The molecule has 38 heavy (non-hydrogen) atoms. The van der Waals surface area contributed by atoms with E-state index >= 15 is 0 Å². The molecule has 202 valence electrons. The average Bonchev–Trinajstić information content (AvgIpc) is 2.95. The van der Waals surface area contributed by atoms with E-state index in [2.05, 4.69) is 65.8 Å². The van der Waals surface area contributed by atoms with Gasteiger partial charge in [0.25, 0.3) is 0 Å². The number of hydrogen-bond donors (Lipinski definition) is 2. The number of aromatic hydroxyl groups is 2. The molecule has 2 N–H and O–H groups in total. The Morgan fingerprint density at radius 2 is 0.842 bits per heavy atom. The van der Waals surface area contributed by atoms with Gasteiger partial charge in [0, 0.05) is 22.3 Å². The Labute approximate surface area is 227 Å². The lowest BCUT2D eigenvalue weighted by molar-refractivity contribution is 0.352. The van der Waals surface area contributed by atoms with E-state index in [1.165, 1.54) is 0 Å². The van der Waals surface area contributed by atoms with Gasteiger partial charge in [-0.25, -0.2) is 0 Å². The fourth-order valence-corrected chi connectivity index (χ4v) is 6.12. The second kappa shape index (κ2) is 10.4. The zero-order valence-electron chi connectivity index (χ0n) is 24.2. The summed E-state index contributed by atoms with van der Waals surface area (Å²) in [5.74, 6) is 1.09. The quantitative estimate of drug-likeness (QED) is 0.234. The largest absolute Gasteiger partial charge is 0.504 e. The lowest BCUT2D eigenvalue weighted by Gasteiger charge is -2.33. The predicted molar refractivity (Wildman–Crippen MR) is 159 cm³/mol. The Hall–Kier alpha value is -3.40. The van der Waals surface area contributed by atoms with Crippen LogP contribution in [0.2, 0.25) is 0 Å². The fraction of sp³-hybridized carbons (Fsp3) is 0.412. The Bertz CT molecular complexity index is 1360. The summed E-state index contributed by atoms with van der Waals surface area (Å²) in [4.78, 5) is 0. The van der Waals surface area contributed by atoms with Crippen molar-refractivity contribution in [2.75, 3.05) is 14.2 Å². The van der Waals surface area contributed by atoms with Crippen LogP contribution in [0.5, 0.6) is 23.0 Å². The van der Waals surface area contributed by atoms with Crippen LogP contribution in [-0.2, 0) is 10.8 Å². The number of hydrogen-bond acceptors (Lipinski definition) is 4. The second-order valence-electron chi connectivity index (χ2n) is 10.9. The molecule has 0 heterocycles. The summed E-state index contributed by atoms with van der Waals surface area (Å²) in [5.41, 5.74) is 2.77. The van der Waals surface area contributed by atoms with Crippen LogP contribution in [0.3, 0.4) is 0 Å². The first kappa shape index (κ1) is 27.6. The van der Waals surface area contributed by atoms with Crippen molar-refractivity contribution in [3.8, 4) is 34.1 Å². The van der Waals surface area contributed by atoms with Gasteiger partial charge in [0.1, 0.15) is 0 Å². The SMILES string of the molecule is CCC(C)(CC)c1c(O)c(OC)c(-c2c(OC)c(O)c(C(C)(CC)CC)c3ccccc23)c2ccccc12. The summed E-state index contributed by atoms with van der Waals surface area (Å²) < 4.78 is 12.0. The van der Waals surface area contributed by atoms with Crippen molar-refractivity contribution < 1.29 is 19.7 Å². The average molecular weight is 515 g/mol. The highest BCUT2D eigenvalue weighted by atomic mass is 16.5. The van der Waals surface area contributed by atoms with Crippen molar-refractivity contribution in [3.05, 3.63) is 59.7 Å². The Morgan fingerprint density at radius 1 is 0.553 bits per heavy atom. The van der Waals surface area contributed by atoms with Gasteiger partial charge in [0.15, 0.2) is 23.0 Å². The molecular weight excluding hydrogens is 472 g/mol. The lowest BCUT2D eigenvalue weighted by Crippen LogP contribution is -2.21. The van der Waals surface area contributed by atoms with Crippen LogP contribution in [0.25, 0.3) is 32.7 Å². The molecule has 4 heteroatoms. The standard InChI is InChI=1S/C34H42O4/c1-9-33(5,10-2)27-23-19-15-13-17-21(23)25(31(37-7)29(27)35)26-22-18-14-16-20-24(22)28(30(36)32(26)38-8)34(6,11-3)12-4/h13-20,35-36H,9-12H2,1-8H3. The monoisotopic (exact) mass is 514 g/mol. The van der Waals surface area contributed by atoms with Crippen LogP contribution < -0.4 is 9.47 Å². The maximum atomic E-state index is 11.9. The van der Waals surface area contributed by atoms with Crippen LogP contribution in [0.15, 0.2) is 48.5 Å². The molecule has 0 atom stereocenters. The molecule has 4 aromatic rings. The molecule has 0 aliphatic heterocycles. The molecule has 0 unspecified atom stereocenters. The Kier molecular flexibility index (Phi) is 7.56. The maximum Gasteiger partial charge on any atom is 0.169 e. The van der Waals surface area contributed by atoms with Crippen molar-refractivity contribution in [2.24, 2.45) is 0 Å². The van der Waals surface area contributed by atoms with Crippen LogP contribution in [-0.4, -0.2) is 24.4 Å². The van der Waals surface area contributed by atoms with Gasteiger partial charge >= 0.3 is 0 Å². The van der Waals surface area contributed by atoms with Gasteiger partial charge in [-0.3, -0.25) is 0 Å². The lowest BCUT2D eigenvalue weighted by atomic mass is 9.72. The van der Waals surface area contributed by atoms with Gasteiger partial charge in [0.2, 0.25) is 0 Å². The summed E-state index contributed by atoms with van der Waals surface area (Å²) in [6.07, 6.45) is 3.49. The minimum absolute atomic E-state index is 0.147. The molecule has 0 radical (unpaired) electrons. The maximum absolute atomic E-state index is 11.9. The molecule has 0 aliphatic carbocycles. The van der Waals surface area contributed by atoms with Crippen LogP contribution in [0, 0.1) is 0 Å². The topological polar surface area (TPSA) is 58.9 Å². The third-order valence-corrected chi connectivity index (χ3v) is 9.28. The Morgan fingerprint density at radius 3 is 1.11 bits per heavy atom. The van der Waals surface area contributed by atoms with Gasteiger partial charge < -0.3 is 19.7 Å². The number of rotatable bonds is 9. The smallest absolute Gasteiger partial charge is 0.169 e. The summed E-state index contributed by atoms with van der Waals surface area (Å²) in [6, 6.07) is 16.3. The third kappa shape index (κ3) is 3.97. The molecule has 0 amide bonds. The summed E-state index contributed by atoms with van der Waals surface area (Å²) in [7, 11) is 3.20. The number of fused-ring (bicyclic) bond motifs is 2. The minimum Gasteiger partial charge on any atom is -0.504 e. The van der Waals surface area contributed by atoms with Crippen LogP contribution >= 0.6 is 0 Å². The van der Waals surface area contributed by atoms with Crippen molar-refractivity contribution in [3.63, 3.8) is 0 Å². The van der Waals surface area contributed by atoms with Gasteiger partial charge in [-0.2, -0.15) is 0 Å². The van der Waals surface area contributed by atoms with Crippen molar-refractivity contribution in [2.45, 2.75) is 78.1 Å². The molecule has 4 aromatic carbocycles. The summed E-state index contributed by atoms with van der Waals surface area (Å²) >= 11 is 0. The van der Waals surface area contributed by atoms with Crippen molar-refractivity contribution in [1.82, 2.24) is 0 Å². The van der Waals surface area contributed by atoms with E-state index in [0.717, 1.165) is 69.5 Å². The highest BCUT2D eigenvalue weighted by Crippen LogP contribution is 2.58. The van der Waals surface area contributed by atoms with E-state index in [4.69, 9.17) is 9.47 Å². The number of methoxy groups -OCH3 is 2. The van der Waals surface area contributed by atoms with Crippen LogP contribution in [0.4, 0.5) is 0 Å². The number of benzene rings is 4. The fourth-order valence-electron chi connectivity index (χ4n) is 6.12. The van der Waals surface area contributed by atoms with E-state index in [0.29, 0.717) is 11.5 Å². The molecule has 0 spiro atoms. The van der Waals surface area contributed by atoms with E-state index in [9.17, 15) is 10.2 Å². The minimum atomic E-state index is -0.238. The molecule has 0 fully saturated rings. The van der Waals surface area contributed by atoms with E-state index in [1.807, 2.05) is 24.3 Å². The van der Waals surface area contributed by atoms with Gasteiger partial charge in [0.05, 0.1) is 14.2 Å². The first-order valence-electron chi connectivity index (χ1n) is 13.8.